The summed E-state index contributed by atoms with van der Waals surface area (Å²) in [5.74, 6) is 0. The van der Waals surface area contributed by atoms with Crippen molar-refractivity contribution in [1.29, 1.82) is 0 Å². The first kappa shape index (κ1) is 15.7. The van der Waals surface area contributed by atoms with E-state index < -0.39 is 27.9 Å². The first-order valence-corrected chi connectivity index (χ1v) is 6.49. The lowest BCUT2D eigenvalue weighted by molar-refractivity contribution is -0.135. The van der Waals surface area contributed by atoms with Gasteiger partial charge in [-0.05, 0) is 19.8 Å². The van der Waals surface area contributed by atoms with Gasteiger partial charge in [0.1, 0.15) is 0 Å². The average molecular weight is 262 g/mol. The number of alkyl halides is 3. The largest absolute Gasteiger partial charge is 0.389 e. The number of unbranched alkanes of at least 4 members (excludes halogenated alkanes) is 1. The zero-order valence-electron chi connectivity index (χ0n) is 9.05. The van der Waals surface area contributed by atoms with Gasteiger partial charge in [0.25, 0.3) is 0 Å². The zero-order chi connectivity index (χ0) is 12.8. The predicted octanol–water partition coefficient (Wildman–Crippen LogP) is 0.986. The monoisotopic (exact) mass is 262 g/mol. The Bertz CT molecular complexity index is 290. The first-order valence-electron chi connectivity index (χ1n) is 4.94. The average Bonchev–Trinajstić information content (AvgIpc) is 2.14. The predicted molar refractivity (Wildman–Crippen MR) is 55.3 cm³/mol. The molecule has 0 radical (unpaired) electrons. The van der Waals surface area contributed by atoms with Crippen LogP contribution in [0.1, 0.15) is 26.2 Å². The van der Waals surface area contributed by atoms with Crippen LogP contribution in [0.2, 0.25) is 0 Å². The van der Waals surface area contributed by atoms with E-state index in [1.807, 2.05) is 0 Å². The molecule has 0 aliphatic rings. The molecule has 0 aliphatic heterocycles. The van der Waals surface area contributed by atoms with Gasteiger partial charge >= 0.3 is 6.18 Å². The van der Waals surface area contributed by atoms with Crippen LogP contribution >= 0.6 is 0 Å². The molecule has 98 valence electrons. The van der Waals surface area contributed by atoms with Crippen molar-refractivity contribution in [2.45, 2.75) is 37.6 Å². The number of rotatable bonds is 7. The number of halogens is 3. The van der Waals surface area contributed by atoms with Gasteiger partial charge in [-0.15, -0.1) is 0 Å². The van der Waals surface area contributed by atoms with Gasteiger partial charge in [0.15, 0.2) is 0 Å². The van der Waals surface area contributed by atoms with E-state index in [1.54, 1.807) is 0 Å². The molecule has 0 saturated heterocycles. The van der Waals surface area contributed by atoms with Crippen molar-refractivity contribution in [2.24, 2.45) is 5.73 Å². The lowest BCUT2D eigenvalue weighted by atomic mass is 10.2. The minimum Gasteiger partial charge on any atom is -0.329 e. The fraction of sp³-hybridized carbons (Fsp3) is 1.00. The van der Waals surface area contributed by atoms with Crippen LogP contribution < -0.4 is 10.5 Å². The van der Waals surface area contributed by atoms with Gasteiger partial charge in [-0.2, -0.15) is 13.2 Å². The Morgan fingerprint density at radius 1 is 1.31 bits per heavy atom. The fourth-order valence-corrected chi connectivity index (χ4v) is 1.90. The SMILES string of the molecule is CC(CN)S(=O)(=O)NCCCCC(F)(F)F. The van der Waals surface area contributed by atoms with Gasteiger partial charge in [-0.1, -0.05) is 0 Å². The van der Waals surface area contributed by atoms with Crippen molar-refractivity contribution >= 4 is 10.0 Å². The van der Waals surface area contributed by atoms with Crippen LogP contribution in [0.3, 0.4) is 0 Å². The molecule has 0 fully saturated rings. The third-order valence-electron chi connectivity index (χ3n) is 2.05. The Morgan fingerprint density at radius 2 is 1.88 bits per heavy atom. The number of hydrogen-bond donors (Lipinski definition) is 2. The van der Waals surface area contributed by atoms with E-state index in [4.69, 9.17) is 5.73 Å². The van der Waals surface area contributed by atoms with Gasteiger partial charge in [0, 0.05) is 19.5 Å². The molecule has 16 heavy (non-hydrogen) atoms. The molecule has 0 aromatic rings. The molecule has 0 saturated carbocycles. The number of hydrogen-bond acceptors (Lipinski definition) is 3. The Hall–Kier alpha value is -0.340. The van der Waals surface area contributed by atoms with Crippen LogP contribution in [0.15, 0.2) is 0 Å². The van der Waals surface area contributed by atoms with E-state index >= 15 is 0 Å². The zero-order valence-corrected chi connectivity index (χ0v) is 9.87. The highest BCUT2D eigenvalue weighted by atomic mass is 32.2. The summed E-state index contributed by atoms with van der Waals surface area (Å²) >= 11 is 0. The smallest absolute Gasteiger partial charge is 0.329 e. The number of nitrogens with two attached hydrogens (primary N) is 1. The highest BCUT2D eigenvalue weighted by Crippen LogP contribution is 2.21. The molecule has 0 aromatic carbocycles. The fourth-order valence-electron chi connectivity index (χ4n) is 0.934. The molecular formula is C8H17F3N2O2S. The molecule has 0 aliphatic carbocycles. The summed E-state index contributed by atoms with van der Waals surface area (Å²) in [4.78, 5) is 0. The quantitative estimate of drug-likeness (QED) is 0.672. The summed E-state index contributed by atoms with van der Waals surface area (Å²) in [5.41, 5.74) is 5.18. The Kier molecular flexibility index (Phi) is 6.27. The van der Waals surface area contributed by atoms with E-state index in [1.165, 1.54) is 6.92 Å². The third-order valence-corrected chi connectivity index (χ3v) is 3.91. The van der Waals surface area contributed by atoms with Gasteiger partial charge in [-0.25, -0.2) is 13.1 Å². The van der Waals surface area contributed by atoms with E-state index in [9.17, 15) is 21.6 Å². The van der Waals surface area contributed by atoms with Gasteiger partial charge in [0.05, 0.1) is 5.25 Å². The van der Waals surface area contributed by atoms with Gasteiger partial charge < -0.3 is 5.73 Å². The maximum atomic E-state index is 11.7. The molecule has 0 rings (SSSR count). The first-order chi connectivity index (χ1) is 7.19. The standard InChI is InChI=1S/C8H17F3N2O2S/c1-7(6-12)16(14,15)13-5-3-2-4-8(9,10)11/h7,13H,2-6,12H2,1H3. The van der Waals surface area contributed by atoms with Crippen molar-refractivity contribution in [3.05, 3.63) is 0 Å². The second-order valence-electron chi connectivity index (χ2n) is 3.56. The molecule has 0 amide bonds. The molecule has 0 spiro atoms. The van der Waals surface area contributed by atoms with E-state index in [2.05, 4.69) is 4.72 Å². The third kappa shape index (κ3) is 7.02. The van der Waals surface area contributed by atoms with Gasteiger partial charge in [-0.3, -0.25) is 0 Å². The van der Waals surface area contributed by atoms with Crippen LogP contribution in [0.25, 0.3) is 0 Å². The number of nitrogens with one attached hydrogen (secondary N) is 1. The maximum absolute atomic E-state index is 11.7. The summed E-state index contributed by atoms with van der Waals surface area (Å²) in [6.45, 7) is 1.44. The lowest BCUT2D eigenvalue weighted by Gasteiger charge is -2.11. The van der Waals surface area contributed by atoms with Crippen molar-refractivity contribution in [1.82, 2.24) is 4.72 Å². The summed E-state index contributed by atoms with van der Waals surface area (Å²) in [6.07, 6.45) is -4.98. The van der Waals surface area contributed by atoms with Crippen molar-refractivity contribution < 1.29 is 21.6 Å². The highest BCUT2D eigenvalue weighted by Gasteiger charge is 2.26. The summed E-state index contributed by atoms with van der Waals surface area (Å²) in [6, 6.07) is 0. The van der Waals surface area contributed by atoms with Crippen LogP contribution in [0.4, 0.5) is 13.2 Å². The second-order valence-corrected chi connectivity index (χ2v) is 5.74. The van der Waals surface area contributed by atoms with Crippen molar-refractivity contribution in [3.63, 3.8) is 0 Å². The van der Waals surface area contributed by atoms with Crippen LogP contribution in [-0.4, -0.2) is 32.9 Å². The Morgan fingerprint density at radius 3 is 2.31 bits per heavy atom. The summed E-state index contributed by atoms with van der Waals surface area (Å²) in [7, 11) is -3.48. The van der Waals surface area contributed by atoms with Gasteiger partial charge in [0.2, 0.25) is 10.0 Å². The lowest BCUT2D eigenvalue weighted by Crippen LogP contribution is -2.37. The molecule has 0 aromatic heterocycles. The van der Waals surface area contributed by atoms with E-state index in [0.717, 1.165) is 0 Å². The molecule has 0 heterocycles. The second kappa shape index (κ2) is 6.41. The molecule has 0 bridgehead atoms. The molecule has 3 N–H and O–H groups in total. The summed E-state index contributed by atoms with van der Waals surface area (Å²) < 4.78 is 60.1. The molecular weight excluding hydrogens is 245 g/mol. The molecule has 1 unspecified atom stereocenters. The Labute approximate surface area is 93.4 Å². The normalized spacial score (nSPS) is 15.1. The van der Waals surface area contributed by atoms with Crippen molar-refractivity contribution in [3.8, 4) is 0 Å². The maximum Gasteiger partial charge on any atom is 0.389 e. The minimum absolute atomic E-state index is 0.0160. The van der Waals surface area contributed by atoms with Crippen molar-refractivity contribution in [2.75, 3.05) is 13.1 Å². The van der Waals surface area contributed by atoms with Crippen LogP contribution in [0.5, 0.6) is 0 Å². The Balaban J connectivity index is 3.75. The molecule has 1 atom stereocenters. The van der Waals surface area contributed by atoms with Crippen LogP contribution in [-0.2, 0) is 10.0 Å². The topological polar surface area (TPSA) is 72.2 Å². The number of sulfonamides is 1. The molecule has 8 heteroatoms. The van der Waals surface area contributed by atoms with Crippen LogP contribution in [0, 0.1) is 0 Å². The van der Waals surface area contributed by atoms with E-state index in [0.29, 0.717) is 0 Å². The highest BCUT2D eigenvalue weighted by molar-refractivity contribution is 7.90. The summed E-state index contributed by atoms with van der Waals surface area (Å²) in [5, 5.41) is -0.727. The minimum atomic E-state index is -4.18. The molecule has 4 nitrogen and oxygen atoms in total. The van der Waals surface area contributed by atoms with E-state index in [-0.39, 0.29) is 25.9 Å².